The quantitative estimate of drug-likeness (QED) is 0.511. The van der Waals surface area contributed by atoms with Gasteiger partial charge in [-0.1, -0.05) is 36.4 Å². The number of hydrogen-bond donors (Lipinski definition) is 0. The maximum Gasteiger partial charge on any atom is 0.228 e. The van der Waals surface area contributed by atoms with Crippen molar-refractivity contribution in [2.75, 3.05) is 31.1 Å². The molecule has 8 nitrogen and oxygen atoms in total. The van der Waals surface area contributed by atoms with Crippen LogP contribution in [0.4, 0.5) is 5.82 Å². The molecule has 0 saturated carbocycles. The number of anilines is 1. The minimum atomic E-state index is 0.120. The van der Waals surface area contributed by atoms with Crippen LogP contribution < -0.4 is 4.90 Å². The second-order valence-corrected chi connectivity index (χ2v) is 7.57. The molecule has 3 aromatic heterocycles. The summed E-state index contributed by atoms with van der Waals surface area (Å²) >= 11 is 0. The maximum absolute atomic E-state index is 12.7. The molecule has 5 rings (SSSR count). The third-order valence-electron chi connectivity index (χ3n) is 5.51. The number of hydrogen-bond acceptors (Lipinski definition) is 6. The van der Waals surface area contributed by atoms with Gasteiger partial charge in [-0.05, 0) is 30.7 Å². The number of benzene rings is 1. The lowest BCUT2D eigenvalue weighted by atomic mass is 10.2. The molecule has 1 saturated heterocycles. The highest BCUT2D eigenvalue weighted by Crippen LogP contribution is 2.20. The molecule has 0 unspecified atom stereocenters. The molecule has 1 fully saturated rings. The molecule has 0 radical (unpaired) electrons. The van der Waals surface area contributed by atoms with Crippen LogP contribution in [0.5, 0.6) is 0 Å². The average Bonchev–Trinajstić information content (AvgIpc) is 3.08. The first-order chi connectivity index (χ1) is 15.3. The summed E-state index contributed by atoms with van der Waals surface area (Å²) in [5.74, 6) is 1.71. The topological polar surface area (TPSA) is 79.5 Å². The zero-order chi connectivity index (χ0) is 21.0. The fraction of sp³-hybridized carbons (Fsp3) is 0.261. The predicted octanol–water partition coefficient (Wildman–Crippen LogP) is 2.47. The second-order valence-electron chi connectivity index (χ2n) is 7.57. The van der Waals surface area contributed by atoms with E-state index in [4.69, 9.17) is 5.10 Å². The predicted molar refractivity (Wildman–Crippen MR) is 118 cm³/mol. The van der Waals surface area contributed by atoms with Gasteiger partial charge < -0.3 is 9.80 Å². The number of fused-ring (bicyclic) bond motifs is 1. The Labute approximate surface area is 180 Å². The Balaban J connectivity index is 1.32. The minimum Gasteiger partial charge on any atom is -0.353 e. The van der Waals surface area contributed by atoms with E-state index in [1.165, 1.54) is 0 Å². The number of nitrogens with zero attached hydrogens (tertiary/aromatic N) is 7. The van der Waals surface area contributed by atoms with Gasteiger partial charge in [-0.3, -0.25) is 9.78 Å². The number of amides is 1. The van der Waals surface area contributed by atoms with Crippen LogP contribution >= 0.6 is 0 Å². The van der Waals surface area contributed by atoms with E-state index in [0.29, 0.717) is 18.6 Å². The van der Waals surface area contributed by atoms with E-state index in [1.54, 1.807) is 10.7 Å². The van der Waals surface area contributed by atoms with Gasteiger partial charge in [0.05, 0.1) is 6.42 Å². The van der Waals surface area contributed by atoms with Crippen molar-refractivity contribution in [1.82, 2.24) is 29.7 Å². The highest BCUT2D eigenvalue weighted by Gasteiger charge is 2.21. The van der Waals surface area contributed by atoms with E-state index in [2.05, 4.69) is 20.1 Å². The zero-order valence-electron chi connectivity index (χ0n) is 17.1. The first kappa shape index (κ1) is 19.2. The van der Waals surface area contributed by atoms with Crippen molar-refractivity contribution in [2.45, 2.75) is 12.8 Å². The fourth-order valence-electron chi connectivity index (χ4n) is 3.88. The van der Waals surface area contributed by atoms with Crippen LogP contribution in [-0.2, 0) is 11.2 Å². The molecule has 0 spiro atoms. The van der Waals surface area contributed by atoms with Crippen LogP contribution in [0.1, 0.15) is 12.1 Å². The Kier molecular flexibility index (Phi) is 5.26. The van der Waals surface area contributed by atoms with Gasteiger partial charge in [0.1, 0.15) is 5.82 Å². The molecule has 31 heavy (non-hydrogen) atoms. The van der Waals surface area contributed by atoms with Crippen LogP contribution in [-0.4, -0.2) is 61.8 Å². The maximum atomic E-state index is 12.7. The molecular weight excluding hydrogens is 390 g/mol. The average molecular weight is 413 g/mol. The van der Waals surface area contributed by atoms with E-state index in [1.807, 2.05) is 65.6 Å². The van der Waals surface area contributed by atoms with Crippen molar-refractivity contribution in [3.8, 4) is 11.4 Å². The van der Waals surface area contributed by atoms with E-state index in [9.17, 15) is 4.79 Å². The summed E-state index contributed by atoms with van der Waals surface area (Å²) in [6, 6.07) is 19.5. The highest BCUT2D eigenvalue weighted by atomic mass is 16.2. The number of aromatic nitrogens is 5. The lowest BCUT2D eigenvalue weighted by Gasteiger charge is -2.22. The Hall–Kier alpha value is -3.81. The third kappa shape index (κ3) is 4.09. The van der Waals surface area contributed by atoms with Crippen LogP contribution in [0.2, 0.25) is 0 Å². The molecule has 156 valence electrons. The van der Waals surface area contributed by atoms with Gasteiger partial charge in [-0.2, -0.15) is 4.52 Å². The normalized spacial score (nSPS) is 14.6. The zero-order valence-corrected chi connectivity index (χ0v) is 17.1. The third-order valence-corrected chi connectivity index (χ3v) is 5.51. The van der Waals surface area contributed by atoms with Gasteiger partial charge in [0.25, 0.3) is 0 Å². The molecule has 1 aliphatic heterocycles. The first-order valence-corrected chi connectivity index (χ1v) is 10.5. The van der Waals surface area contributed by atoms with Crippen molar-refractivity contribution in [3.05, 3.63) is 72.6 Å². The van der Waals surface area contributed by atoms with Crippen molar-refractivity contribution in [3.63, 3.8) is 0 Å². The lowest BCUT2D eigenvalue weighted by Crippen LogP contribution is -2.36. The van der Waals surface area contributed by atoms with Gasteiger partial charge in [0, 0.05) is 43.6 Å². The molecular formula is C23H23N7O. The molecule has 0 atom stereocenters. The Bertz CT molecular complexity index is 1180. The summed E-state index contributed by atoms with van der Waals surface area (Å²) in [7, 11) is 0. The second kappa shape index (κ2) is 8.51. The summed E-state index contributed by atoms with van der Waals surface area (Å²) in [4.78, 5) is 21.2. The van der Waals surface area contributed by atoms with Crippen LogP contribution in [0.25, 0.3) is 17.0 Å². The number of rotatable bonds is 4. The van der Waals surface area contributed by atoms with Gasteiger partial charge in [-0.25, -0.2) is 0 Å². The lowest BCUT2D eigenvalue weighted by molar-refractivity contribution is -0.130. The Morgan fingerprint density at radius 2 is 1.74 bits per heavy atom. The number of pyridine rings is 1. The smallest absolute Gasteiger partial charge is 0.228 e. The molecule has 0 N–H and O–H groups in total. The van der Waals surface area contributed by atoms with E-state index in [0.717, 1.165) is 49.0 Å². The molecule has 4 aromatic rings. The Morgan fingerprint density at radius 1 is 0.871 bits per heavy atom. The highest BCUT2D eigenvalue weighted by molar-refractivity contribution is 5.78. The number of carbonyl (C=O) groups is 1. The van der Waals surface area contributed by atoms with Crippen LogP contribution in [0, 0.1) is 0 Å². The fourth-order valence-corrected chi connectivity index (χ4v) is 3.88. The van der Waals surface area contributed by atoms with Crippen molar-refractivity contribution in [1.29, 1.82) is 0 Å². The van der Waals surface area contributed by atoms with Crippen LogP contribution in [0.3, 0.4) is 0 Å². The summed E-state index contributed by atoms with van der Waals surface area (Å²) in [5, 5.41) is 13.4. The van der Waals surface area contributed by atoms with Gasteiger partial charge >= 0.3 is 0 Å². The van der Waals surface area contributed by atoms with Crippen molar-refractivity contribution >= 4 is 17.4 Å². The summed E-state index contributed by atoms with van der Waals surface area (Å²) in [5.41, 5.74) is 2.49. The molecule has 0 aliphatic carbocycles. The van der Waals surface area contributed by atoms with E-state index >= 15 is 0 Å². The minimum absolute atomic E-state index is 0.120. The van der Waals surface area contributed by atoms with E-state index in [-0.39, 0.29) is 5.91 Å². The molecule has 1 amide bonds. The molecule has 4 heterocycles. The van der Waals surface area contributed by atoms with Crippen LogP contribution in [0.15, 0.2) is 66.9 Å². The molecule has 0 bridgehead atoms. The van der Waals surface area contributed by atoms with Gasteiger partial charge in [0.2, 0.25) is 5.91 Å². The molecule has 8 heteroatoms. The summed E-state index contributed by atoms with van der Waals surface area (Å²) < 4.78 is 1.79. The monoisotopic (exact) mass is 413 g/mol. The SMILES string of the molecule is O=C(Cc1ccccn1)N1CCCN(c2ccc3nnc(-c4ccccc4)n3n2)CC1. The standard InChI is InChI=1S/C23H23N7O/c31-22(17-19-9-4-5-12-24-19)29-14-6-13-28(15-16-29)21-11-10-20-25-26-23(30(20)27-21)18-7-2-1-3-8-18/h1-5,7-12H,6,13-17H2. The summed E-state index contributed by atoms with van der Waals surface area (Å²) in [6.45, 7) is 2.98. The largest absolute Gasteiger partial charge is 0.353 e. The van der Waals surface area contributed by atoms with E-state index < -0.39 is 0 Å². The number of carbonyl (C=O) groups excluding carboxylic acids is 1. The summed E-state index contributed by atoms with van der Waals surface area (Å²) in [6.07, 6.45) is 2.96. The molecule has 1 aromatic carbocycles. The molecule has 1 aliphatic rings. The Morgan fingerprint density at radius 3 is 2.58 bits per heavy atom. The van der Waals surface area contributed by atoms with Gasteiger partial charge in [0.15, 0.2) is 11.5 Å². The van der Waals surface area contributed by atoms with Gasteiger partial charge in [-0.15, -0.1) is 15.3 Å². The first-order valence-electron chi connectivity index (χ1n) is 10.5. The van der Waals surface area contributed by atoms with Crippen molar-refractivity contribution < 1.29 is 4.79 Å². The van der Waals surface area contributed by atoms with Crippen molar-refractivity contribution in [2.24, 2.45) is 0 Å².